The number of amides is 2. The second-order valence-corrected chi connectivity index (χ2v) is 6.49. The maximum Gasteiger partial charge on any atom is 0.325 e. The standard InChI is InChI=1S/C17H25N5O3/c1-25-15(23)10-18-17(24)21-12-6-8-22(9-7-12)16-13-4-2-3-5-14(13)19-11-20-16/h11-12H,2-10H2,1H3,(H2,18,21,24). The van der Waals surface area contributed by atoms with Gasteiger partial charge in [0.25, 0.3) is 0 Å². The lowest BCUT2D eigenvalue weighted by Crippen LogP contribution is -2.49. The molecule has 1 saturated heterocycles. The Bertz CT molecular complexity index is 629. The van der Waals surface area contributed by atoms with Crippen molar-refractivity contribution in [2.45, 2.75) is 44.6 Å². The summed E-state index contributed by atoms with van der Waals surface area (Å²) in [6, 6.07) is -0.227. The zero-order valence-corrected chi connectivity index (χ0v) is 14.6. The Labute approximate surface area is 147 Å². The van der Waals surface area contributed by atoms with Crippen molar-refractivity contribution < 1.29 is 14.3 Å². The van der Waals surface area contributed by atoms with Gasteiger partial charge in [0.15, 0.2) is 0 Å². The van der Waals surface area contributed by atoms with E-state index in [9.17, 15) is 9.59 Å². The quantitative estimate of drug-likeness (QED) is 0.782. The molecule has 1 aromatic rings. The fourth-order valence-corrected chi connectivity index (χ4v) is 3.47. The van der Waals surface area contributed by atoms with E-state index >= 15 is 0 Å². The molecule has 0 unspecified atom stereocenters. The number of fused-ring (bicyclic) bond motifs is 1. The summed E-state index contributed by atoms with van der Waals surface area (Å²) in [6.07, 6.45) is 7.88. The van der Waals surface area contributed by atoms with Crippen molar-refractivity contribution in [3.05, 3.63) is 17.6 Å². The minimum absolute atomic E-state index is 0.103. The van der Waals surface area contributed by atoms with Gasteiger partial charge in [0.05, 0.1) is 7.11 Å². The van der Waals surface area contributed by atoms with Gasteiger partial charge in [-0.1, -0.05) is 0 Å². The first kappa shape index (κ1) is 17.4. The summed E-state index contributed by atoms with van der Waals surface area (Å²) in [5, 5.41) is 5.42. The van der Waals surface area contributed by atoms with E-state index in [1.807, 2.05) is 0 Å². The lowest BCUT2D eigenvalue weighted by atomic mass is 9.95. The molecule has 1 aromatic heterocycles. The molecule has 2 aliphatic rings. The minimum atomic E-state index is -0.460. The Morgan fingerprint density at radius 3 is 2.76 bits per heavy atom. The highest BCUT2D eigenvalue weighted by molar-refractivity contribution is 5.80. The molecule has 2 heterocycles. The number of nitrogens with zero attached hydrogens (tertiary/aromatic N) is 3. The van der Waals surface area contributed by atoms with Gasteiger partial charge in [-0.15, -0.1) is 0 Å². The fraction of sp³-hybridized carbons (Fsp3) is 0.647. The van der Waals surface area contributed by atoms with E-state index in [1.54, 1.807) is 6.33 Å². The maximum absolute atomic E-state index is 11.8. The van der Waals surface area contributed by atoms with Crippen LogP contribution in [0.5, 0.6) is 0 Å². The maximum atomic E-state index is 11.8. The third-order valence-electron chi connectivity index (χ3n) is 4.85. The number of urea groups is 1. The Balaban J connectivity index is 1.51. The first-order valence-corrected chi connectivity index (χ1v) is 8.86. The third kappa shape index (κ3) is 4.37. The number of ether oxygens (including phenoxy) is 1. The molecule has 2 N–H and O–H groups in total. The normalized spacial score (nSPS) is 17.6. The molecule has 8 heteroatoms. The highest BCUT2D eigenvalue weighted by atomic mass is 16.5. The van der Waals surface area contributed by atoms with Crippen molar-refractivity contribution in [3.63, 3.8) is 0 Å². The van der Waals surface area contributed by atoms with Crippen molar-refractivity contribution in [1.29, 1.82) is 0 Å². The van der Waals surface area contributed by atoms with E-state index in [0.717, 1.165) is 44.6 Å². The van der Waals surface area contributed by atoms with Crippen LogP contribution >= 0.6 is 0 Å². The molecule has 136 valence electrons. The van der Waals surface area contributed by atoms with Crippen molar-refractivity contribution in [3.8, 4) is 0 Å². The smallest absolute Gasteiger partial charge is 0.325 e. The first-order valence-electron chi connectivity index (χ1n) is 8.86. The van der Waals surface area contributed by atoms with Gasteiger partial charge >= 0.3 is 12.0 Å². The summed E-state index contributed by atoms with van der Waals surface area (Å²) < 4.78 is 4.50. The first-order chi connectivity index (χ1) is 12.2. The van der Waals surface area contributed by atoms with Gasteiger partial charge in [0.1, 0.15) is 18.7 Å². The molecule has 0 radical (unpaired) electrons. The number of nitrogens with one attached hydrogen (secondary N) is 2. The van der Waals surface area contributed by atoms with Crippen LogP contribution in [0, 0.1) is 0 Å². The molecule has 0 aromatic carbocycles. The fourth-order valence-electron chi connectivity index (χ4n) is 3.47. The van der Waals surface area contributed by atoms with Gasteiger partial charge in [-0.05, 0) is 38.5 Å². The van der Waals surface area contributed by atoms with E-state index in [-0.39, 0.29) is 18.6 Å². The lowest BCUT2D eigenvalue weighted by molar-refractivity contribution is -0.139. The summed E-state index contributed by atoms with van der Waals surface area (Å²) in [5.41, 5.74) is 2.50. The van der Waals surface area contributed by atoms with Crippen LogP contribution < -0.4 is 15.5 Å². The van der Waals surface area contributed by atoms with Gasteiger partial charge < -0.3 is 20.3 Å². The van der Waals surface area contributed by atoms with Crippen LogP contribution in [-0.4, -0.2) is 54.8 Å². The van der Waals surface area contributed by atoms with Gasteiger partial charge in [-0.2, -0.15) is 0 Å². The van der Waals surface area contributed by atoms with Gasteiger partial charge in [0, 0.05) is 30.4 Å². The van der Waals surface area contributed by atoms with Crippen LogP contribution in [-0.2, 0) is 22.4 Å². The second kappa shape index (κ2) is 8.13. The number of methoxy groups -OCH3 is 1. The molecule has 1 aliphatic carbocycles. The van der Waals surface area contributed by atoms with Crippen LogP contribution in [0.2, 0.25) is 0 Å². The predicted molar refractivity (Wildman–Crippen MR) is 92.5 cm³/mol. The molecule has 1 aliphatic heterocycles. The van der Waals surface area contributed by atoms with Crippen LogP contribution in [0.15, 0.2) is 6.33 Å². The van der Waals surface area contributed by atoms with Crippen LogP contribution in [0.1, 0.15) is 36.9 Å². The second-order valence-electron chi connectivity index (χ2n) is 6.49. The monoisotopic (exact) mass is 347 g/mol. The number of aromatic nitrogens is 2. The number of hydrogen-bond acceptors (Lipinski definition) is 6. The average molecular weight is 347 g/mol. The Morgan fingerprint density at radius 2 is 2.00 bits per heavy atom. The minimum Gasteiger partial charge on any atom is -0.468 e. The van der Waals surface area contributed by atoms with Crippen LogP contribution in [0.25, 0.3) is 0 Å². The van der Waals surface area contributed by atoms with Crippen molar-refractivity contribution >= 4 is 17.8 Å². The number of hydrogen-bond donors (Lipinski definition) is 2. The number of aryl methyl sites for hydroxylation is 1. The molecular formula is C17H25N5O3. The summed E-state index contributed by atoms with van der Waals surface area (Å²) in [5.74, 6) is 0.608. The van der Waals surface area contributed by atoms with Crippen molar-refractivity contribution in [2.75, 3.05) is 31.6 Å². The predicted octanol–water partition coefficient (Wildman–Crippen LogP) is 0.796. The molecule has 3 rings (SSSR count). The molecule has 0 atom stereocenters. The van der Waals surface area contributed by atoms with E-state index < -0.39 is 5.97 Å². The Kier molecular flexibility index (Phi) is 5.67. The zero-order chi connectivity index (χ0) is 17.6. The SMILES string of the molecule is COC(=O)CNC(=O)NC1CCN(c2ncnc3c2CCCC3)CC1. The Morgan fingerprint density at radius 1 is 1.24 bits per heavy atom. The molecular weight excluding hydrogens is 322 g/mol. The summed E-state index contributed by atoms with van der Waals surface area (Å²) in [7, 11) is 1.30. The molecule has 25 heavy (non-hydrogen) atoms. The summed E-state index contributed by atoms with van der Waals surface area (Å²) in [6.45, 7) is 1.59. The third-order valence-corrected chi connectivity index (χ3v) is 4.85. The number of esters is 1. The highest BCUT2D eigenvalue weighted by Crippen LogP contribution is 2.28. The molecule has 0 saturated carbocycles. The van der Waals surface area contributed by atoms with Crippen molar-refractivity contribution in [1.82, 2.24) is 20.6 Å². The van der Waals surface area contributed by atoms with Gasteiger partial charge in [0.2, 0.25) is 0 Å². The largest absolute Gasteiger partial charge is 0.468 e. The summed E-state index contributed by atoms with van der Waals surface area (Å²) in [4.78, 5) is 34.1. The van der Waals surface area contributed by atoms with E-state index in [0.29, 0.717) is 0 Å². The molecule has 1 fully saturated rings. The number of carbonyl (C=O) groups excluding carboxylic acids is 2. The van der Waals surface area contributed by atoms with Gasteiger partial charge in [-0.25, -0.2) is 14.8 Å². The number of piperidine rings is 1. The van der Waals surface area contributed by atoms with Crippen LogP contribution in [0.3, 0.4) is 0 Å². The molecule has 2 amide bonds. The summed E-state index contributed by atoms with van der Waals surface area (Å²) >= 11 is 0. The van der Waals surface area contributed by atoms with E-state index in [2.05, 4.69) is 30.2 Å². The lowest BCUT2D eigenvalue weighted by Gasteiger charge is -2.34. The Hall–Kier alpha value is -2.38. The zero-order valence-electron chi connectivity index (χ0n) is 14.6. The number of rotatable bonds is 4. The number of carbonyl (C=O) groups is 2. The van der Waals surface area contributed by atoms with Crippen molar-refractivity contribution in [2.24, 2.45) is 0 Å². The molecule has 0 bridgehead atoms. The highest BCUT2D eigenvalue weighted by Gasteiger charge is 2.25. The molecule has 8 nitrogen and oxygen atoms in total. The van der Waals surface area contributed by atoms with Gasteiger partial charge in [-0.3, -0.25) is 4.79 Å². The number of anilines is 1. The topological polar surface area (TPSA) is 96.4 Å². The average Bonchev–Trinajstić information content (AvgIpc) is 2.66. The molecule has 0 spiro atoms. The van der Waals surface area contributed by atoms with Crippen LogP contribution in [0.4, 0.5) is 10.6 Å². The van der Waals surface area contributed by atoms with E-state index in [4.69, 9.17) is 0 Å². The van der Waals surface area contributed by atoms with E-state index in [1.165, 1.54) is 31.2 Å².